The average molecular weight is 348 g/mol. The van der Waals surface area contributed by atoms with Crippen molar-refractivity contribution in [3.63, 3.8) is 0 Å². The minimum atomic E-state index is -0.309. The average Bonchev–Trinajstić information content (AvgIpc) is 3.15. The van der Waals surface area contributed by atoms with Gasteiger partial charge in [0.2, 0.25) is 0 Å². The standard InChI is InChI=1S/C24H28O2/c25-18-24(26)13-5-3-1-2-4-8-19-9-6-11-21(16-19)23-15-14-20-10-7-12-22(20)17-23/h6-7,9,11-12,14-17,25H,1-5,8,10,13,18H2. The van der Waals surface area contributed by atoms with Gasteiger partial charge in [0.15, 0.2) is 5.78 Å². The molecular weight excluding hydrogens is 320 g/mol. The predicted molar refractivity (Wildman–Crippen MR) is 108 cm³/mol. The van der Waals surface area contributed by atoms with Gasteiger partial charge >= 0.3 is 0 Å². The van der Waals surface area contributed by atoms with Crippen molar-refractivity contribution in [1.29, 1.82) is 0 Å². The Morgan fingerprint density at radius 2 is 1.73 bits per heavy atom. The molecule has 136 valence electrons. The smallest absolute Gasteiger partial charge is 0.158 e. The van der Waals surface area contributed by atoms with Gasteiger partial charge in [0.1, 0.15) is 6.61 Å². The van der Waals surface area contributed by atoms with Gasteiger partial charge in [-0.05, 0) is 59.6 Å². The minimum absolute atomic E-state index is 0.0381. The number of rotatable bonds is 10. The summed E-state index contributed by atoms with van der Waals surface area (Å²) >= 11 is 0. The van der Waals surface area contributed by atoms with Crippen molar-refractivity contribution < 1.29 is 9.90 Å². The largest absolute Gasteiger partial charge is 0.389 e. The van der Waals surface area contributed by atoms with Crippen molar-refractivity contribution in [3.8, 4) is 11.1 Å². The van der Waals surface area contributed by atoms with Gasteiger partial charge in [-0.3, -0.25) is 4.79 Å². The van der Waals surface area contributed by atoms with Gasteiger partial charge in [-0.2, -0.15) is 0 Å². The minimum Gasteiger partial charge on any atom is -0.389 e. The SMILES string of the molecule is O=C(CO)CCCCCCCc1cccc(-c2ccc3c(c2)C=CC3)c1. The lowest BCUT2D eigenvalue weighted by Crippen LogP contribution is -2.02. The zero-order valence-corrected chi connectivity index (χ0v) is 15.4. The highest BCUT2D eigenvalue weighted by atomic mass is 16.3. The Morgan fingerprint density at radius 1 is 0.923 bits per heavy atom. The Bertz CT molecular complexity index is 774. The number of benzene rings is 2. The van der Waals surface area contributed by atoms with Crippen LogP contribution in [0.5, 0.6) is 0 Å². The molecule has 26 heavy (non-hydrogen) atoms. The van der Waals surface area contributed by atoms with Crippen LogP contribution in [0.4, 0.5) is 0 Å². The third kappa shape index (κ3) is 5.15. The summed E-state index contributed by atoms with van der Waals surface area (Å²) in [5, 5.41) is 8.70. The lowest BCUT2D eigenvalue weighted by atomic mass is 9.97. The van der Waals surface area contributed by atoms with Crippen LogP contribution in [-0.4, -0.2) is 17.5 Å². The molecule has 1 aliphatic rings. The molecule has 2 aromatic carbocycles. The molecule has 2 heteroatoms. The maximum atomic E-state index is 11.0. The first-order chi connectivity index (χ1) is 12.8. The number of hydrogen-bond acceptors (Lipinski definition) is 2. The number of fused-ring (bicyclic) bond motifs is 1. The van der Waals surface area contributed by atoms with Crippen LogP contribution in [0, 0.1) is 0 Å². The summed E-state index contributed by atoms with van der Waals surface area (Å²) in [5.74, 6) is -0.0381. The van der Waals surface area contributed by atoms with Crippen LogP contribution in [0.1, 0.15) is 55.2 Å². The molecule has 0 aromatic heterocycles. The summed E-state index contributed by atoms with van der Waals surface area (Å²) in [6.07, 6.45) is 12.7. The molecule has 0 fully saturated rings. The van der Waals surface area contributed by atoms with E-state index < -0.39 is 0 Å². The predicted octanol–water partition coefficient (Wildman–Crippen LogP) is 5.37. The van der Waals surface area contributed by atoms with Crippen LogP contribution < -0.4 is 0 Å². The molecule has 2 aromatic rings. The first kappa shape index (κ1) is 18.6. The maximum Gasteiger partial charge on any atom is 0.158 e. The van der Waals surface area contributed by atoms with Gasteiger partial charge in [-0.1, -0.05) is 67.8 Å². The lowest BCUT2D eigenvalue weighted by molar-refractivity contribution is -0.121. The summed E-state index contributed by atoms with van der Waals surface area (Å²) in [7, 11) is 0. The van der Waals surface area contributed by atoms with Crippen LogP contribution in [0.2, 0.25) is 0 Å². The van der Waals surface area contributed by atoms with Crippen molar-refractivity contribution in [2.24, 2.45) is 0 Å². The summed E-state index contributed by atoms with van der Waals surface area (Å²) in [6, 6.07) is 15.7. The first-order valence-electron chi connectivity index (χ1n) is 9.77. The van der Waals surface area contributed by atoms with Crippen LogP contribution >= 0.6 is 0 Å². The van der Waals surface area contributed by atoms with Crippen LogP contribution in [0.25, 0.3) is 17.2 Å². The quantitative estimate of drug-likeness (QED) is 0.586. The molecule has 0 saturated heterocycles. The molecule has 0 heterocycles. The summed E-state index contributed by atoms with van der Waals surface area (Å²) < 4.78 is 0. The Hall–Kier alpha value is -2.19. The fraction of sp³-hybridized carbons (Fsp3) is 0.375. The van der Waals surface area contributed by atoms with Gasteiger partial charge in [0.25, 0.3) is 0 Å². The molecular formula is C24H28O2. The van der Waals surface area contributed by atoms with E-state index in [4.69, 9.17) is 5.11 Å². The second-order valence-electron chi connectivity index (χ2n) is 7.19. The highest BCUT2D eigenvalue weighted by Gasteiger charge is 2.07. The van der Waals surface area contributed by atoms with Crippen molar-refractivity contribution in [3.05, 3.63) is 65.2 Å². The van der Waals surface area contributed by atoms with E-state index in [2.05, 4.69) is 54.6 Å². The molecule has 3 rings (SSSR count). The second kappa shape index (κ2) is 9.49. The van der Waals surface area contributed by atoms with E-state index in [1.54, 1.807) is 0 Å². The zero-order valence-electron chi connectivity index (χ0n) is 15.4. The number of aliphatic hydroxyl groups excluding tert-OH is 1. The van der Waals surface area contributed by atoms with Gasteiger partial charge < -0.3 is 5.11 Å². The molecule has 2 nitrogen and oxygen atoms in total. The fourth-order valence-electron chi connectivity index (χ4n) is 3.60. The topological polar surface area (TPSA) is 37.3 Å². The first-order valence-corrected chi connectivity index (χ1v) is 9.77. The molecule has 0 aliphatic heterocycles. The van der Waals surface area contributed by atoms with E-state index in [0.717, 1.165) is 32.1 Å². The lowest BCUT2D eigenvalue weighted by Gasteiger charge is -2.08. The third-order valence-corrected chi connectivity index (χ3v) is 5.14. The van der Waals surface area contributed by atoms with Crippen LogP contribution in [0.3, 0.4) is 0 Å². The zero-order chi connectivity index (χ0) is 18.2. The van der Waals surface area contributed by atoms with E-state index >= 15 is 0 Å². The van der Waals surface area contributed by atoms with Crippen LogP contribution in [0.15, 0.2) is 48.5 Å². The molecule has 1 aliphatic carbocycles. The van der Waals surface area contributed by atoms with Gasteiger partial charge in [0, 0.05) is 6.42 Å². The van der Waals surface area contributed by atoms with Crippen molar-refractivity contribution in [2.75, 3.05) is 6.61 Å². The highest BCUT2D eigenvalue weighted by Crippen LogP contribution is 2.27. The Kier molecular flexibility index (Phi) is 6.79. The molecule has 0 saturated carbocycles. The van der Waals surface area contributed by atoms with Gasteiger partial charge in [-0.25, -0.2) is 0 Å². The number of Topliss-reactive ketones (excluding diaryl/α,β-unsaturated/α-hetero) is 1. The fourth-order valence-corrected chi connectivity index (χ4v) is 3.60. The highest BCUT2D eigenvalue weighted by molar-refractivity contribution is 5.79. The van der Waals surface area contributed by atoms with E-state index in [-0.39, 0.29) is 12.4 Å². The second-order valence-corrected chi connectivity index (χ2v) is 7.19. The molecule has 0 spiro atoms. The van der Waals surface area contributed by atoms with E-state index in [1.165, 1.54) is 40.7 Å². The Labute approximate surface area is 156 Å². The number of unbranched alkanes of at least 4 members (excludes halogenated alkanes) is 4. The van der Waals surface area contributed by atoms with E-state index in [0.29, 0.717) is 6.42 Å². The number of ketones is 1. The van der Waals surface area contributed by atoms with Crippen molar-refractivity contribution in [2.45, 2.75) is 51.4 Å². The molecule has 0 radical (unpaired) electrons. The summed E-state index contributed by atoms with van der Waals surface area (Å²) in [4.78, 5) is 11.0. The molecule has 0 unspecified atom stereocenters. The third-order valence-electron chi connectivity index (χ3n) is 5.14. The van der Waals surface area contributed by atoms with Gasteiger partial charge in [-0.15, -0.1) is 0 Å². The number of aliphatic hydroxyl groups is 1. The van der Waals surface area contributed by atoms with E-state index in [9.17, 15) is 4.79 Å². The number of aryl methyl sites for hydroxylation is 1. The van der Waals surface area contributed by atoms with Crippen LogP contribution in [-0.2, 0) is 17.6 Å². The summed E-state index contributed by atoms with van der Waals surface area (Å²) in [6.45, 7) is -0.309. The van der Waals surface area contributed by atoms with Crippen molar-refractivity contribution >= 4 is 11.9 Å². The molecule has 0 bridgehead atoms. The monoisotopic (exact) mass is 348 g/mol. The molecule has 1 N–H and O–H groups in total. The summed E-state index contributed by atoms with van der Waals surface area (Å²) in [5.41, 5.74) is 6.77. The Morgan fingerprint density at radius 3 is 2.62 bits per heavy atom. The normalized spacial score (nSPS) is 12.3. The molecule has 0 amide bonds. The van der Waals surface area contributed by atoms with Crippen molar-refractivity contribution in [1.82, 2.24) is 0 Å². The molecule has 0 atom stereocenters. The van der Waals surface area contributed by atoms with E-state index in [1.807, 2.05) is 0 Å². The Balaban J connectivity index is 1.46. The van der Waals surface area contributed by atoms with Gasteiger partial charge in [0.05, 0.1) is 0 Å². The maximum absolute atomic E-state index is 11.0. The number of hydrogen-bond donors (Lipinski definition) is 1. The number of carbonyl (C=O) groups excluding carboxylic acids is 1. The number of carbonyl (C=O) groups is 1. The number of allylic oxidation sites excluding steroid dienone is 1.